The summed E-state index contributed by atoms with van der Waals surface area (Å²) in [5.41, 5.74) is 21.7. The van der Waals surface area contributed by atoms with E-state index in [1.54, 1.807) is 0 Å². The Morgan fingerprint density at radius 3 is 1.81 bits per heavy atom. The van der Waals surface area contributed by atoms with Crippen LogP contribution >= 0.6 is 0 Å². The van der Waals surface area contributed by atoms with Crippen molar-refractivity contribution < 1.29 is 34.2 Å². The van der Waals surface area contributed by atoms with Crippen LogP contribution in [0.3, 0.4) is 0 Å². The van der Waals surface area contributed by atoms with Gasteiger partial charge >= 0.3 is 11.9 Å². The van der Waals surface area contributed by atoms with Gasteiger partial charge < -0.3 is 33.1 Å². The number of nitrogens with zero attached hydrogens (tertiary/aromatic N) is 1. The zero-order chi connectivity index (χ0) is 21.1. The third-order valence-electron chi connectivity index (χ3n) is 3.74. The van der Waals surface area contributed by atoms with Crippen molar-refractivity contribution in [3.63, 3.8) is 0 Å². The van der Waals surface area contributed by atoms with Crippen LogP contribution in [0.4, 0.5) is 0 Å². The van der Waals surface area contributed by atoms with E-state index in [0.29, 0.717) is 24.3 Å². The number of carbonyl (C=O) groups excluding carboxylic acids is 3. The Labute approximate surface area is 155 Å². The van der Waals surface area contributed by atoms with Crippen LogP contribution in [-0.4, -0.2) is 69.4 Å². The molecule has 10 N–H and O–H groups in total. The lowest BCUT2D eigenvalue weighted by molar-refractivity contribution is -0.160. The average Bonchev–Trinajstić information content (AvgIpc) is 2.58. The van der Waals surface area contributed by atoms with Gasteiger partial charge in [-0.3, -0.25) is 24.1 Å². The Kier molecular flexibility index (Phi) is 10.8. The van der Waals surface area contributed by atoms with E-state index in [4.69, 9.17) is 28.0 Å². The lowest BCUT2D eigenvalue weighted by Gasteiger charge is -2.30. The van der Waals surface area contributed by atoms with Crippen molar-refractivity contribution in [1.29, 1.82) is 0 Å². The van der Waals surface area contributed by atoms with E-state index in [2.05, 4.69) is 0 Å². The molecule has 0 aromatic rings. The highest BCUT2D eigenvalue weighted by atomic mass is 16.4. The second kappa shape index (κ2) is 11.9. The molecule has 0 aliphatic carbocycles. The SMILES string of the molecule is NCCCCC(N)C(=O)N(C(=O)C(N)CCC(=O)O)C(CC(N)=O)C(=O)O. The molecule has 0 aliphatic heterocycles. The summed E-state index contributed by atoms with van der Waals surface area (Å²) >= 11 is 0. The van der Waals surface area contributed by atoms with E-state index in [1.165, 1.54) is 0 Å². The first kappa shape index (κ1) is 24.4. The molecule has 0 aliphatic rings. The van der Waals surface area contributed by atoms with Gasteiger partial charge in [-0.15, -0.1) is 0 Å². The molecule has 12 nitrogen and oxygen atoms in total. The van der Waals surface area contributed by atoms with E-state index in [1.807, 2.05) is 0 Å². The lowest BCUT2D eigenvalue weighted by Crippen LogP contribution is -2.59. The monoisotopic (exact) mass is 389 g/mol. The first-order valence-corrected chi connectivity index (χ1v) is 8.33. The lowest BCUT2D eigenvalue weighted by atomic mass is 10.0. The maximum Gasteiger partial charge on any atom is 0.327 e. The van der Waals surface area contributed by atoms with Crippen LogP contribution in [0.25, 0.3) is 0 Å². The van der Waals surface area contributed by atoms with Crippen LogP contribution in [0.2, 0.25) is 0 Å². The van der Waals surface area contributed by atoms with Crippen molar-refractivity contribution in [1.82, 2.24) is 4.90 Å². The second-order valence-electron chi connectivity index (χ2n) is 6.00. The van der Waals surface area contributed by atoms with Gasteiger partial charge in [-0.2, -0.15) is 0 Å². The Hall–Kier alpha value is -2.57. The summed E-state index contributed by atoms with van der Waals surface area (Å²) in [7, 11) is 0. The molecule has 3 atom stereocenters. The molecule has 3 amide bonds. The number of hydrogen-bond acceptors (Lipinski definition) is 8. The largest absolute Gasteiger partial charge is 0.481 e. The maximum atomic E-state index is 12.6. The normalized spacial score (nSPS) is 14.0. The number of carboxylic acids is 2. The number of imide groups is 1. The highest BCUT2D eigenvalue weighted by Gasteiger charge is 2.39. The highest BCUT2D eigenvalue weighted by molar-refractivity contribution is 6.04. The number of carboxylic acid groups (broad SMARTS) is 2. The third-order valence-corrected chi connectivity index (χ3v) is 3.74. The number of hydrogen-bond donors (Lipinski definition) is 6. The summed E-state index contributed by atoms with van der Waals surface area (Å²) in [5.74, 6) is -6.08. The minimum Gasteiger partial charge on any atom is -0.481 e. The number of nitrogens with two attached hydrogens (primary N) is 4. The molecular weight excluding hydrogens is 362 g/mol. The van der Waals surface area contributed by atoms with Gasteiger partial charge in [0.05, 0.1) is 18.5 Å². The first-order valence-electron chi connectivity index (χ1n) is 8.33. The van der Waals surface area contributed by atoms with Crippen LogP contribution in [0.15, 0.2) is 0 Å². The summed E-state index contributed by atoms with van der Waals surface area (Å²) in [6, 6.07) is -4.57. The Balaban J connectivity index is 5.60. The molecule has 0 saturated carbocycles. The predicted octanol–water partition coefficient (Wildman–Crippen LogP) is -2.68. The summed E-state index contributed by atoms with van der Waals surface area (Å²) in [6.07, 6.45) is -0.462. The van der Waals surface area contributed by atoms with E-state index >= 15 is 0 Å². The molecule has 0 aromatic heterocycles. The molecule has 0 rings (SSSR count). The topological polar surface area (TPSA) is 233 Å². The minimum atomic E-state index is -1.89. The van der Waals surface area contributed by atoms with Crippen molar-refractivity contribution in [2.75, 3.05) is 6.54 Å². The summed E-state index contributed by atoms with van der Waals surface area (Å²) in [5, 5.41) is 18.0. The summed E-state index contributed by atoms with van der Waals surface area (Å²) in [4.78, 5) is 58.8. The second-order valence-corrected chi connectivity index (χ2v) is 6.00. The molecule has 0 spiro atoms. The van der Waals surface area contributed by atoms with Gasteiger partial charge in [0.1, 0.15) is 6.04 Å². The summed E-state index contributed by atoms with van der Waals surface area (Å²) < 4.78 is 0. The van der Waals surface area contributed by atoms with Crippen molar-refractivity contribution in [2.24, 2.45) is 22.9 Å². The fourth-order valence-electron chi connectivity index (χ4n) is 2.29. The zero-order valence-corrected chi connectivity index (χ0v) is 14.9. The van der Waals surface area contributed by atoms with Gasteiger partial charge in [0, 0.05) is 6.42 Å². The van der Waals surface area contributed by atoms with Crippen molar-refractivity contribution in [2.45, 2.75) is 56.7 Å². The maximum absolute atomic E-state index is 12.6. The number of carbonyl (C=O) groups is 5. The van der Waals surface area contributed by atoms with Gasteiger partial charge in [0.2, 0.25) is 17.7 Å². The summed E-state index contributed by atoms with van der Waals surface area (Å²) in [6.45, 7) is 0.364. The number of unbranched alkanes of at least 4 members (excludes halogenated alkanes) is 1. The van der Waals surface area contributed by atoms with Gasteiger partial charge in [0.15, 0.2) is 0 Å². The zero-order valence-electron chi connectivity index (χ0n) is 14.9. The molecule has 0 heterocycles. The predicted molar refractivity (Wildman–Crippen MR) is 92.8 cm³/mol. The molecular formula is C15H27N5O7. The molecule has 0 radical (unpaired) electrons. The van der Waals surface area contributed by atoms with Crippen LogP contribution in [0, 0.1) is 0 Å². The third kappa shape index (κ3) is 8.57. The molecule has 154 valence electrons. The molecule has 0 bridgehead atoms. The number of amides is 3. The first-order chi connectivity index (χ1) is 12.5. The molecule has 3 unspecified atom stereocenters. The van der Waals surface area contributed by atoms with Gasteiger partial charge in [0.25, 0.3) is 0 Å². The van der Waals surface area contributed by atoms with Gasteiger partial charge in [-0.05, 0) is 25.8 Å². The van der Waals surface area contributed by atoms with Crippen LogP contribution < -0.4 is 22.9 Å². The van der Waals surface area contributed by atoms with E-state index < -0.39 is 60.6 Å². The van der Waals surface area contributed by atoms with Crippen molar-refractivity contribution in [3.05, 3.63) is 0 Å². The van der Waals surface area contributed by atoms with Gasteiger partial charge in [-0.25, -0.2) is 4.79 Å². The fraction of sp³-hybridized carbons (Fsp3) is 0.667. The number of rotatable bonds is 13. The molecule has 27 heavy (non-hydrogen) atoms. The van der Waals surface area contributed by atoms with E-state index in [9.17, 15) is 29.1 Å². The Morgan fingerprint density at radius 2 is 1.41 bits per heavy atom. The van der Waals surface area contributed by atoms with Crippen LogP contribution in [0.1, 0.15) is 38.5 Å². The standard InChI is InChI=1S/C15H27N5O7/c16-6-2-1-3-8(17)13(24)20(10(15(26)27)7-11(19)21)14(25)9(18)4-5-12(22)23/h8-10H,1-7,16-18H2,(H2,19,21)(H,22,23)(H,26,27). The molecule has 0 fully saturated rings. The quantitative estimate of drug-likeness (QED) is 0.178. The number of aliphatic carboxylic acids is 2. The van der Waals surface area contributed by atoms with Crippen molar-refractivity contribution >= 4 is 29.7 Å². The molecule has 0 aromatic carbocycles. The Morgan fingerprint density at radius 1 is 0.889 bits per heavy atom. The fourth-order valence-corrected chi connectivity index (χ4v) is 2.29. The smallest absolute Gasteiger partial charge is 0.327 e. The van der Waals surface area contributed by atoms with Crippen molar-refractivity contribution in [3.8, 4) is 0 Å². The number of primary amides is 1. The molecule has 0 saturated heterocycles. The highest BCUT2D eigenvalue weighted by Crippen LogP contribution is 2.13. The average molecular weight is 389 g/mol. The Bertz CT molecular complexity index is 569. The van der Waals surface area contributed by atoms with E-state index in [-0.39, 0.29) is 12.8 Å². The molecule has 12 heteroatoms. The van der Waals surface area contributed by atoms with Crippen LogP contribution in [-0.2, 0) is 24.0 Å². The van der Waals surface area contributed by atoms with Crippen LogP contribution in [0.5, 0.6) is 0 Å². The minimum absolute atomic E-state index is 0.132. The van der Waals surface area contributed by atoms with E-state index in [0.717, 1.165) is 0 Å². The van der Waals surface area contributed by atoms with Gasteiger partial charge in [-0.1, -0.05) is 6.42 Å².